The number of nitro benzene ring substituents is 1. The number of hydrogen-bond donors (Lipinski definition) is 1. The molecule has 1 fully saturated rings. The molecule has 0 bridgehead atoms. The number of unbranched alkanes of at least 4 members (excludes halogenated alkanes) is 2. The minimum atomic E-state index is -0.455. The van der Waals surface area contributed by atoms with E-state index in [2.05, 4.69) is 17.1 Å². The van der Waals surface area contributed by atoms with Crippen LogP contribution in [-0.2, 0) is 0 Å². The number of non-ortho nitro benzene ring substituents is 1. The summed E-state index contributed by atoms with van der Waals surface area (Å²) in [5.41, 5.74) is 0.430. The van der Waals surface area contributed by atoms with Crippen LogP contribution in [0.25, 0.3) is 0 Å². The summed E-state index contributed by atoms with van der Waals surface area (Å²) in [6, 6.07) is 3.80. The summed E-state index contributed by atoms with van der Waals surface area (Å²) in [7, 11) is 0. The lowest BCUT2D eigenvalue weighted by Crippen LogP contribution is -2.45. The fourth-order valence-corrected chi connectivity index (χ4v) is 3.02. The third-order valence-corrected chi connectivity index (χ3v) is 4.22. The normalized spacial score (nSPS) is 17.4. The standard InChI is InChI=1S/C16H24FN3O2/c1-2-3-4-5-16(19-10-8-18-9-11-19)14-12-13(20(21)22)6-7-15(14)17/h6-7,12,16,18H,2-5,8-11H2,1H3/t16-/m1/s1. The van der Waals surface area contributed by atoms with Crippen LogP contribution in [-0.4, -0.2) is 36.0 Å². The second-order valence-corrected chi connectivity index (χ2v) is 5.76. The van der Waals surface area contributed by atoms with Crippen LogP contribution in [0.3, 0.4) is 0 Å². The van der Waals surface area contributed by atoms with Crippen molar-refractivity contribution in [3.05, 3.63) is 39.7 Å². The van der Waals surface area contributed by atoms with Crippen LogP contribution in [0, 0.1) is 15.9 Å². The lowest BCUT2D eigenvalue weighted by molar-refractivity contribution is -0.385. The van der Waals surface area contributed by atoms with Gasteiger partial charge in [-0.05, 0) is 12.5 Å². The van der Waals surface area contributed by atoms with Gasteiger partial charge in [0.2, 0.25) is 0 Å². The van der Waals surface area contributed by atoms with E-state index in [9.17, 15) is 14.5 Å². The highest BCUT2D eigenvalue weighted by Crippen LogP contribution is 2.31. The van der Waals surface area contributed by atoms with Gasteiger partial charge in [0, 0.05) is 49.9 Å². The van der Waals surface area contributed by atoms with E-state index >= 15 is 0 Å². The number of nitro groups is 1. The number of hydrogen-bond acceptors (Lipinski definition) is 4. The van der Waals surface area contributed by atoms with Crippen LogP contribution in [0.5, 0.6) is 0 Å². The number of benzene rings is 1. The minimum Gasteiger partial charge on any atom is -0.314 e. The van der Waals surface area contributed by atoms with Crippen molar-refractivity contribution >= 4 is 5.69 Å². The molecule has 1 aliphatic rings. The Hall–Kier alpha value is -1.53. The van der Waals surface area contributed by atoms with Gasteiger partial charge in [-0.1, -0.05) is 26.2 Å². The van der Waals surface area contributed by atoms with Crippen LogP contribution in [0.15, 0.2) is 18.2 Å². The quantitative estimate of drug-likeness (QED) is 0.477. The highest BCUT2D eigenvalue weighted by Gasteiger charge is 2.26. The zero-order valence-electron chi connectivity index (χ0n) is 13.1. The molecule has 1 atom stereocenters. The summed E-state index contributed by atoms with van der Waals surface area (Å²) in [5, 5.41) is 14.3. The molecule has 22 heavy (non-hydrogen) atoms. The molecular formula is C16H24FN3O2. The molecule has 2 rings (SSSR count). The first-order chi connectivity index (χ1) is 10.6. The van der Waals surface area contributed by atoms with E-state index in [0.717, 1.165) is 51.9 Å². The number of piperazine rings is 1. The summed E-state index contributed by atoms with van der Waals surface area (Å²) in [4.78, 5) is 12.8. The molecular weight excluding hydrogens is 285 g/mol. The Balaban J connectivity index is 2.25. The van der Waals surface area contributed by atoms with Crippen molar-refractivity contribution in [1.82, 2.24) is 10.2 Å². The topological polar surface area (TPSA) is 58.4 Å². The first-order valence-corrected chi connectivity index (χ1v) is 8.02. The molecule has 1 aromatic rings. The average molecular weight is 309 g/mol. The molecule has 0 spiro atoms. The summed E-state index contributed by atoms with van der Waals surface area (Å²) >= 11 is 0. The zero-order chi connectivity index (χ0) is 15.9. The lowest BCUT2D eigenvalue weighted by atomic mass is 9.97. The number of halogens is 1. The minimum absolute atomic E-state index is 0.0352. The van der Waals surface area contributed by atoms with Gasteiger partial charge < -0.3 is 5.32 Å². The molecule has 1 aromatic carbocycles. The van der Waals surface area contributed by atoms with Gasteiger partial charge in [-0.15, -0.1) is 0 Å². The second-order valence-electron chi connectivity index (χ2n) is 5.76. The molecule has 1 heterocycles. The van der Waals surface area contributed by atoms with E-state index in [1.54, 1.807) is 0 Å². The van der Waals surface area contributed by atoms with E-state index in [4.69, 9.17) is 0 Å². The van der Waals surface area contributed by atoms with E-state index in [1.807, 2.05) is 0 Å². The molecule has 6 heteroatoms. The van der Waals surface area contributed by atoms with Gasteiger partial charge in [0.05, 0.1) is 4.92 Å². The molecule has 1 N–H and O–H groups in total. The number of nitrogens with one attached hydrogen (secondary N) is 1. The third kappa shape index (κ3) is 4.24. The molecule has 0 aromatic heterocycles. The van der Waals surface area contributed by atoms with Gasteiger partial charge in [0.15, 0.2) is 0 Å². The largest absolute Gasteiger partial charge is 0.314 e. The molecule has 5 nitrogen and oxygen atoms in total. The average Bonchev–Trinajstić information content (AvgIpc) is 2.53. The molecule has 1 aliphatic heterocycles. The summed E-state index contributed by atoms with van der Waals surface area (Å²) in [5.74, 6) is -0.342. The maximum absolute atomic E-state index is 14.3. The second kappa shape index (κ2) is 8.19. The van der Waals surface area contributed by atoms with Gasteiger partial charge >= 0.3 is 0 Å². The highest BCUT2D eigenvalue weighted by molar-refractivity contribution is 5.37. The fourth-order valence-electron chi connectivity index (χ4n) is 3.02. The van der Waals surface area contributed by atoms with Crippen LogP contribution < -0.4 is 5.32 Å². The summed E-state index contributed by atoms with van der Waals surface area (Å²) in [6.07, 6.45) is 4.05. The van der Waals surface area contributed by atoms with Gasteiger partial charge in [-0.25, -0.2) is 4.39 Å². The molecule has 0 unspecified atom stereocenters. The van der Waals surface area contributed by atoms with Crippen molar-refractivity contribution in [2.24, 2.45) is 0 Å². The van der Waals surface area contributed by atoms with Gasteiger partial charge in [0.25, 0.3) is 5.69 Å². The van der Waals surface area contributed by atoms with Crippen molar-refractivity contribution in [2.75, 3.05) is 26.2 Å². The maximum atomic E-state index is 14.3. The van der Waals surface area contributed by atoms with Crippen molar-refractivity contribution < 1.29 is 9.31 Å². The predicted molar refractivity (Wildman–Crippen MR) is 84.4 cm³/mol. The molecule has 0 saturated carbocycles. The first-order valence-electron chi connectivity index (χ1n) is 8.02. The van der Waals surface area contributed by atoms with Crippen molar-refractivity contribution in [3.8, 4) is 0 Å². The molecule has 0 radical (unpaired) electrons. The number of nitrogens with zero attached hydrogens (tertiary/aromatic N) is 2. The van der Waals surface area contributed by atoms with E-state index in [-0.39, 0.29) is 17.5 Å². The Morgan fingerprint density at radius 1 is 1.36 bits per heavy atom. The summed E-state index contributed by atoms with van der Waals surface area (Å²) < 4.78 is 14.3. The maximum Gasteiger partial charge on any atom is 0.269 e. The smallest absolute Gasteiger partial charge is 0.269 e. The Labute approximate surface area is 130 Å². The Kier molecular flexibility index (Phi) is 6.27. The first kappa shape index (κ1) is 16.8. The van der Waals surface area contributed by atoms with Crippen molar-refractivity contribution in [1.29, 1.82) is 0 Å². The molecule has 1 saturated heterocycles. The lowest BCUT2D eigenvalue weighted by Gasteiger charge is -2.35. The highest BCUT2D eigenvalue weighted by atomic mass is 19.1. The predicted octanol–water partition coefficient (Wildman–Crippen LogP) is 3.26. The van der Waals surface area contributed by atoms with Crippen LogP contribution >= 0.6 is 0 Å². The third-order valence-electron chi connectivity index (χ3n) is 4.22. The Bertz CT molecular complexity index is 504. The Morgan fingerprint density at radius 3 is 2.73 bits per heavy atom. The van der Waals surface area contributed by atoms with E-state index in [1.165, 1.54) is 18.2 Å². The molecule has 0 amide bonds. The van der Waals surface area contributed by atoms with Gasteiger partial charge in [-0.2, -0.15) is 0 Å². The van der Waals surface area contributed by atoms with E-state index in [0.29, 0.717) is 5.56 Å². The zero-order valence-corrected chi connectivity index (χ0v) is 13.1. The summed E-state index contributed by atoms with van der Waals surface area (Å²) in [6.45, 7) is 5.58. The Morgan fingerprint density at radius 2 is 2.09 bits per heavy atom. The molecule has 122 valence electrons. The van der Waals surface area contributed by atoms with Gasteiger partial charge in [0.1, 0.15) is 5.82 Å². The van der Waals surface area contributed by atoms with Crippen molar-refractivity contribution in [3.63, 3.8) is 0 Å². The monoisotopic (exact) mass is 309 g/mol. The fraction of sp³-hybridized carbons (Fsp3) is 0.625. The van der Waals surface area contributed by atoms with Gasteiger partial charge in [-0.3, -0.25) is 15.0 Å². The van der Waals surface area contributed by atoms with Crippen LogP contribution in [0.2, 0.25) is 0 Å². The van der Waals surface area contributed by atoms with Crippen molar-refractivity contribution in [2.45, 2.75) is 38.6 Å². The molecule has 0 aliphatic carbocycles. The SMILES string of the molecule is CCCCC[C@H](c1cc([N+](=O)[O-])ccc1F)N1CCNCC1. The van der Waals surface area contributed by atoms with Crippen LogP contribution in [0.4, 0.5) is 10.1 Å². The van der Waals surface area contributed by atoms with Crippen LogP contribution in [0.1, 0.15) is 44.2 Å². The number of rotatable bonds is 7. The van der Waals surface area contributed by atoms with E-state index < -0.39 is 4.92 Å².